The summed E-state index contributed by atoms with van der Waals surface area (Å²) in [6, 6.07) is 0. The second-order valence-corrected chi connectivity index (χ2v) is 5.01. The Labute approximate surface area is 121 Å². The highest BCUT2D eigenvalue weighted by molar-refractivity contribution is 4.90. The molecule has 124 valence electrons. The molecule has 0 bridgehead atoms. The first-order valence-corrected chi connectivity index (χ1v) is 6.66. The molecule has 2 aliphatic heterocycles. The zero-order chi connectivity index (χ0) is 15.6. The van der Waals surface area contributed by atoms with Crippen LogP contribution in [0.2, 0.25) is 0 Å². The van der Waals surface area contributed by atoms with Crippen molar-refractivity contribution < 1.29 is 44.1 Å². The monoisotopic (exact) mass is 310 g/mol. The van der Waals surface area contributed by atoms with E-state index in [1.165, 1.54) is 14.2 Å². The first-order chi connectivity index (χ1) is 10.0. The fourth-order valence-electron chi connectivity index (χ4n) is 2.57. The standard InChI is InChI=1S/C12H22O9/c1-17-9-6(20-11(16)10(9)18-2)4-19-12-8(15)7(14)5(3-13)21-12/h5-16H,3-4H2,1-2H3/t5-,6-,7-,8+,9-,10+,11+,12+/m1/s1. The highest BCUT2D eigenvalue weighted by Crippen LogP contribution is 2.27. The summed E-state index contributed by atoms with van der Waals surface area (Å²) in [5, 5.41) is 38.0. The van der Waals surface area contributed by atoms with Gasteiger partial charge < -0.3 is 44.1 Å². The molecule has 2 rings (SSSR count). The summed E-state index contributed by atoms with van der Waals surface area (Å²) in [6.45, 7) is -0.467. The Morgan fingerprint density at radius 2 is 1.57 bits per heavy atom. The number of methoxy groups -OCH3 is 2. The van der Waals surface area contributed by atoms with Gasteiger partial charge in [0.25, 0.3) is 0 Å². The molecular weight excluding hydrogens is 288 g/mol. The van der Waals surface area contributed by atoms with Crippen LogP contribution in [0.15, 0.2) is 0 Å². The van der Waals surface area contributed by atoms with Crippen molar-refractivity contribution in [1.82, 2.24) is 0 Å². The maximum atomic E-state index is 9.75. The summed E-state index contributed by atoms with van der Waals surface area (Å²) in [5.41, 5.74) is 0. The first kappa shape index (κ1) is 17.0. The summed E-state index contributed by atoms with van der Waals surface area (Å²) < 4.78 is 26.1. The lowest BCUT2D eigenvalue weighted by Gasteiger charge is -2.22. The van der Waals surface area contributed by atoms with Crippen LogP contribution in [-0.4, -0.2) is 97.1 Å². The van der Waals surface area contributed by atoms with Gasteiger partial charge in [-0.2, -0.15) is 0 Å². The quantitative estimate of drug-likeness (QED) is 0.411. The second kappa shape index (κ2) is 7.27. The topological polar surface area (TPSA) is 127 Å². The SMILES string of the molecule is CO[C@H]1[C@H](OC)[C@@H](CO[C@H]2O[C@H](CO)[C@@H](O)[C@@H]2O)O[C@@H]1O. The van der Waals surface area contributed by atoms with Crippen molar-refractivity contribution in [3.05, 3.63) is 0 Å². The van der Waals surface area contributed by atoms with E-state index in [0.717, 1.165) is 0 Å². The van der Waals surface area contributed by atoms with E-state index >= 15 is 0 Å². The van der Waals surface area contributed by atoms with Gasteiger partial charge in [0.05, 0.1) is 13.2 Å². The average molecular weight is 310 g/mol. The predicted octanol–water partition coefficient (Wildman–Crippen LogP) is -2.81. The molecule has 0 aromatic heterocycles. The fraction of sp³-hybridized carbons (Fsp3) is 1.00. The third-order valence-corrected chi connectivity index (χ3v) is 3.75. The van der Waals surface area contributed by atoms with Crippen molar-refractivity contribution in [3.63, 3.8) is 0 Å². The van der Waals surface area contributed by atoms with Crippen molar-refractivity contribution in [2.75, 3.05) is 27.4 Å². The molecule has 2 heterocycles. The Hall–Kier alpha value is -0.360. The van der Waals surface area contributed by atoms with Gasteiger partial charge in [0, 0.05) is 14.2 Å². The summed E-state index contributed by atoms with van der Waals surface area (Å²) >= 11 is 0. The molecule has 0 aliphatic carbocycles. The van der Waals surface area contributed by atoms with Gasteiger partial charge in [-0.1, -0.05) is 0 Å². The zero-order valence-corrected chi connectivity index (χ0v) is 11.9. The van der Waals surface area contributed by atoms with Crippen molar-refractivity contribution in [2.45, 2.75) is 49.2 Å². The van der Waals surface area contributed by atoms with Crippen molar-refractivity contribution in [1.29, 1.82) is 0 Å². The number of ether oxygens (including phenoxy) is 5. The third-order valence-electron chi connectivity index (χ3n) is 3.75. The van der Waals surface area contributed by atoms with E-state index in [0.29, 0.717) is 0 Å². The number of hydrogen-bond acceptors (Lipinski definition) is 9. The minimum absolute atomic E-state index is 0.0397. The molecule has 0 spiro atoms. The third kappa shape index (κ3) is 3.36. The second-order valence-electron chi connectivity index (χ2n) is 5.01. The lowest BCUT2D eigenvalue weighted by atomic mass is 10.1. The molecule has 2 saturated heterocycles. The molecule has 2 aliphatic rings. The van der Waals surface area contributed by atoms with Gasteiger partial charge >= 0.3 is 0 Å². The van der Waals surface area contributed by atoms with Gasteiger partial charge in [0.1, 0.15) is 36.6 Å². The molecule has 0 saturated carbocycles. The van der Waals surface area contributed by atoms with E-state index in [2.05, 4.69) is 0 Å². The molecule has 21 heavy (non-hydrogen) atoms. The molecule has 9 heteroatoms. The molecule has 0 aromatic rings. The Balaban J connectivity index is 1.88. The minimum atomic E-state index is -1.27. The molecule has 0 unspecified atom stereocenters. The zero-order valence-electron chi connectivity index (χ0n) is 11.9. The Bertz CT molecular complexity index is 328. The largest absolute Gasteiger partial charge is 0.394 e. The molecule has 8 atom stereocenters. The summed E-state index contributed by atoms with van der Waals surface area (Å²) in [6.07, 6.45) is -7.42. The van der Waals surface area contributed by atoms with Crippen LogP contribution >= 0.6 is 0 Å². The number of hydrogen-bond donors (Lipinski definition) is 4. The smallest absolute Gasteiger partial charge is 0.186 e. The van der Waals surface area contributed by atoms with Crippen LogP contribution in [0.4, 0.5) is 0 Å². The number of aliphatic hydroxyl groups is 4. The van der Waals surface area contributed by atoms with E-state index in [1.54, 1.807) is 0 Å². The molecular formula is C12H22O9. The number of aliphatic hydroxyl groups excluding tert-OH is 4. The molecule has 0 aromatic carbocycles. The van der Waals surface area contributed by atoms with Crippen LogP contribution in [0, 0.1) is 0 Å². The lowest BCUT2D eigenvalue weighted by Crippen LogP contribution is -2.40. The van der Waals surface area contributed by atoms with Crippen LogP contribution in [0.1, 0.15) is 0 Å². The maximum Gasteiger partial charge on any atom is 0.186 e. The molecule has 2 fully saturated rings. The maximum absolute atomic E-state index is 9.75. The van der Waals surface area contributed by atoms with Gasteiger partial charge in [-0.15, -0.1) is 0 Å². The van der Waals surface area contributed by atoms with Crippen LogP contribution in [0.25, 0.3) is 0 Å². The normalized spacial score (nSPS) is 47.1. The van der Waals surface area contributed by atoms with E-state index in [9.17, 15) is 15.3 Å². The van der Waals surface area contributed by atoms with Gasteiger partial charge in [-0.05, 0) is 0 Å². The summed E-state index contributed by atoms with van der Waals surface area (Å²) in [5.74, 6) is 0. The van der Waals surface area contributed by atoms with Gasteiger partial charge in [-0.25, -0.2) is 0 Å². The van der Waals surface area contributed by atoms with Crippen LogP contribution < -0.4 is 0 Å². The molecule has 0 radical (unpaired) electrons. The Kier molecular flexibility index (Phi) is 5.88. The average Bonchev–Trinajstić information content (AvgIpc) is 2.94. The van der Waals surface area contributed by atoms with Crippen molar-refractivity contribution in [2.24, 2.45) is 0 Å². The molecule has 9 nitrogen and oxygen atoms in total. The van der Waals surface area contributed by atoms with Gasteiger partial charge in [-0.3, -0.25) is 0 Å². The Morgan fingerprint density at radius 1 is 0.905 bits per heavy atom. The van der Waals surface area contributed by atoms with Crippen LogP contribution in [0.5, 0.6) is 0 Å². The van der Waals surface area contributed by atoms with E-state index in [-0.39, 0.29) is 6.61 Å². The van der Waals surface area contributed by atoms with Crippen LogP contribution in [-0.2, 0) is 23.7 Å². The fourth-order valence-corrected chi connectivity index (χ4v) is 2.57. The molecule has 4 N–H and O–H groups in total. The highest BCUT2D eigenvalue weighted by atomic mass is 16.7. The molecule has 0 amide bonds. The highest BCUT2D eigenvalue weighted by Gasteiger charge is 2.47. The van der Waals surface area contributed by atoms with E-state index < -0.39 is 55.8 Å². The minimum Gasteiger partial charge on any atom is -0.394 e. The lowest BCUT2D eigenvalue weighted by molar-refractivity contribution is -0.198. The first-order valence-electron chi connectivity index (χ1n) is 6.66. The van der Waals surface area contributed by atoms with Crippen LogP contribution in [0.3, 0.4) is 0 Å². The summed E-state index contributed by atoms with van der Waals surface area (Å²) in [4.78, 5) is 0. The number of rotatable bonds is 6. The van der Waals surface area contributed by atoms with Gasteiger partial charge in [0.15, 0.2) is 12.6 Å². The predicted molar refractivity (Wildman–Crippen MR) is 66.2 cm³/mol. The van der Waals surface area contributed by atoms with Gasteiger partial charge in [0.2, 0.25) is 0 Å². The van der Waals surface area contributed by atoms with Crippen molar-refractivity contribution in [3.8, 4) is 0 Å². The summed E-state index contributed by atoms with van der Waals surface area (Å²) in [7, 11) is 2.89. The van der Waals surface area contributed by atoms with E-state index in [4.69, 9.17) is 28.8 Å². The Morgan fingerprint density at radius 3 is 2.10 bits per heavy atom. The van der Waals surface area contributed by atoms with E-state index in [1.807, 2.05) is 0 Å². The van der Waals surface area contributed by atoms with Crippen molar-refractivity contribution >= 4 is 0 Å².